The second kappa shape index (κ2) is 14.6. The lowest BCUT2D eigenvalue weighted by Crippen LogP contribution is -2.39. The van der Waals surface area contributed by atoms with E-state index in [1.807, 2.05) is 0 Å². The number of rotatable bonds is 16. The Morgan fingerprint density at radius 1 is 1.09 bits per heavy atom. The number of alkyl halides is 2. The number of benzene rings is 1. The lowest BCUT2D eigenvalue weighted by Gasteiger charge is -2.24. The third-order valence-electron chi connectivity index (χ3n) is 4.55. The van der Waals surface area contributed by atoms with E-state index in [2.05, 4.69) is 0 Å². The van der Waals surface area contributed by atoms with Crippen molar-refractivity contribution < 1.29 is 42.4 Å². The summed E-state index contributed by atoms with van der Waals surface area (Å²) < 4.78 is 47.7. The molecule has 1 atom stereocenters. The molecule has 0 bridgehead atoms. The molecule has 0 heterocycles. The van der Waals surface area contributed by atoms with Gasteiger partial charge in [-0.25, -0.2) is 18.4 Å². The summed E-state index contributed by atoms with van der Waals surface area (Å²) in [4.78, 5) is 24.8. The van der Waals surface area contributed by atoms with Crippen molar-refractivity contribution in [2.75, 3.05) is 39.5 Å². The highest BCUT2D eigenvalue weighted by atomic mass is 19.3. The van der Waals surface area contributed by atoms with Gasteiger partial charge in [0, 0.05) is 26.0 Å². The monoisotopic (exact) mass is 475 g/mol. The first-order chi connectivity index (χ1) is 15.6. The van der Waals surface area contributed by atoms with Gasteiger partial charge in [-0.3, -0.25) is 0 Å². The normalized spacial score (nSPS) is 12.5. The predicted octanol–water partition coefficient (Wildman–Crippen LogP) is 4.01. The molecule has 188 valence electrons. The highest BCUT2D eigenvalue weighted by Gasteiger charge is 2.26. The van der Waals surface area contributed by atoms with Gasteiger partial charge in [-0.05, 0) is 38.5 Å². The van der Waals surface area contributed by atoms with Gasteiger partial charge in [-0.2, -0.15) is 0 Å². The zero-order chi connectivity index (χ0) is 24.9. The molecule has 1 N–H and O–H groups in total. The summed E-state index contributed by atoms with van der Waals surface area (Å²) in [6.45, 7) is 6.50. The lowest BCUT2D eigenvalue weighted by atomic mass is 10.1. The van der Waals surface area contributed by atoms with Gasteiger partial charge in [0.2, 0.25) is 0 Å². The molecule has 10 heteroatoms. The topological polar surface area (TPSA) is 94.5 Å². The van der Waals surface area contributed by atoms with Crippen molar-refractivity contribution >= 4 is 12.1 Å². The van der Waals surface area contributed by atoms with Gasteiger partial charge in [-0.15, -0.1) is 0 Å². The number of halogens is 2. The number of amides is 1. The number of nitrogens with zero attached hydrogens (tertiary/aromatic N) is 1. The first-order valence-corrected chi connectivity index (χ1v) is 11.0. The summed E-state index contributed by atoms with van der Waals surface area (Å²) in [5.74, 6) is -3.38. The molecular weight excluding hydrogens is 440 g/mol. The Hall–Kier alpha value is -2.46. The van der Waals surface area contributed by atoms with E-state index < -0.39 is 30.7 Å². The fraction of sp³-hybridized carbons (Fsp3) is 0.652. The molecule has 0 aliphatic rings. The van der Waals surface area contributed by atoms with Crippen LogP contribution < -0.4 is 4.74 Å². The quantitative estimate of drug-likeness (QED) is 0.361. The minimum Gasteiger partial charge on any atom is -0.492 e. The Morgan fingerprint density at radius 2 is 1.73 bits per heavy atom. The fourth-order valence-electron chi connectivity index (χ4n) is 2.70. The average molecular weight is 476 g/mol. The summed E-state index contributed by atoms with van der Waals surface area (Å²) in [5.41, 5.74) is 0.784. The van der Waals surface area contributed by atoms with E-state index in [1.54, 1.807) is 45.0 Å². The van der Waals surface area contributed by atoms with Crippen LogP contribution in [0, 0.1) is 0 Å². The van der Waals surface area contributed by atoms with Gasteiger partial charge in [0.15, 0.2) is 6.10 Å². The molecule has 0 radical (unpaired) electrons. The number of carboxylic acid groups (broad SMARTS) is 1. The van der Waals surface area contributed by atoms with E-state index >= 15 is 0 Å². The summed E-state index contributed by atoms with van der Waals surface area (Å²) in [5, 5.41) is 9.18. The second-order valence-electron chi connectivity index (χ2n) is 7.66. The lowest BCUT2D eigenvalue weighted by molar-refractivity contribution is -0.149. The van der Waals surface area contributed by atoms with E-state index in [4.69, 9.17) is 18.9 Å². The molecule has 1 aromatic carbocycles. The standard InChI is InChI=1S/C23H35F2NO7/c1-5-23(24,25)16-30-13-11-26(22(29)33-17(3)4)12-14-32-19-9-7-18(8-10-19)15-20(21(27)28)31-6-2/h7-10,17,20H,5-6,11-16H2,1-4H3,(H,27,28). The third-order valence-corrected chi connectivity index (χ3v) is 4.55. The minimum absolute atomic E-state index is 0.0535. The van der Waals surface area contributed by atoms with Crippen LogP contribution in [0.4, 0.5) is 13.6 Å². The number of carboxylic acids is 1. The Morgan fingerprint density at radius 3 is 2.27 bits per heavy atom. The summed E-state index contributed by atoms with van der Waals surface area (Å²) >= 11 is 0. The summed E-state index contributed by atoms with van der Waals surface area (Å²) in [6, 6.07) is 6.90. The molecule has 0 fully saturated rings. The smallest absolute Gasteiger partial charge is 0.410 e. The molecule has 0 saturated carbocycles. The highest BCUT2D eigenvalue weighted by molar-refractivity contribution is 5.72. The zero-order valence-electron chi connectivity index (χ0n) is 19.7. The molecule has 33 heavy (non-hydrogen) atoms. The molecule has 1 amide bonds. The van der Waals surface area contributed by atoms with Crippen molar-refractivity contribution in [1.29, 1.82) is 0 Å². The number of carbonyl (C=O) groups excluding carboxylic acids is 1. The highest BCUT2D eigenvalue weighted by Crippen LogP contribution is 2.18. The first-order valence-electron chi connectivity index (χ1n) is 11.0. The van der Waals surface area contributed by atoms with E-state index in [0.29, 0.717) is 12.4 Å². The van der Waals surface area contributed by atoms with Crippen molar-refractivity contribution in [3.8, 4) is 5.75 Å². The number of aliphatic carboxylic acids is 1. The van der Waals surface area contributed by atoms with Gasteiger partial charge in [0.05, 0.1) is 19.3 Å². The van der Waals surface area contributed by atoms with Gasteiger partial charge in [-0.1, -0.05) is 19.1 Å². The van der Waals surface area contributed by atoms with Crippen molar-refractivity contribution in [3.05, 3.63) is 29.8 Å². The summed E-state index contributed by atoms with van der Waals surface area (Å²) in [6.07, 6.45) is -1.91. The van der Waals surface area contributed by atoms with Crippen molar-refractivity contribution in [2.24, 2.45) is 0 Å². The van der Waals surface area contributed by atoms with Crippen LogP contribution in [0.5, 0.6) is 5.75 Å². The number of hydrogen-bond acceptors (Lipinski definition) is 6. The van der Waals surface area contributed by atoms with Gasteiger partial charge in [0.1, 0.15) is 19.0 Å². The van der Waals surface area contributed by atoms with Crippen LogP contribution in [-0.4, -0.2) is 79.7 Å². The van der Waals surface area contributed by atoms with Crippen LogP contribution in [0.25, 0.3) is 0 Å². The van der Waals surface area contributed by atoms with Gasteiger partial charge >= 0.3 is 12.1 Å². The minimum atomic E-state index is -2.90. The molecule has 0 aliphatic heterocycles. The third kappa shape index (κ3) is 11.8. The molecule has 0 spiro atoms. The molecule has 0 saturated heterocycles. The molecule has 0 aromatic heterocycles. The van der Waals surface area contributed by atoms with Crippen LogP contribution in [-0.2, 0) is 25.4 Å². The molecule has 1 aromatic rings. The predicted molar refractivity (Wildman–Crippen MR) is 118 cm³/mol. The number of hydrogen-bond donors (Lipinski definition) is 1. The Balaban J connectivity index is 2.57. The maximum absolute atomic E-state index is 13.3. The van der Waals surface area contributed by atoms with Crippen LogP contribution in [0.1, 0.15) is 39.7 Å². The second-order valence-corrected chi connectivity index (χ2v) is 7.66. The number of carbonyl (C=O) groups is 2. The maximum atomic E-state index is 13.3. The maximum Gasteiger partial charge on any atom is 0.410 e. The van der Waals surface area contributed by atoms with Crippen LogP contribution in [0.2, 0.25) is 0 Å². The largest absolute Gasteiger partial charge is 0.492 e. The van der Waals surface area contributed by atoms with E-state index in [0.717, 1.165) is 5.56 Å². The zero-order valence-corrected chi connectivity index (χ0v) is 19.7. The van der Waals surface area contributed by atoms with E-state index in [9.17, 15) is 23.5 Å². The van der Waals surface area contributed by atoms with Crippen LogP contribution in [0.3, 0.4) is 0 Å². The van der Waals surface area contributed by atoms with Gasteiger partial charge < -0.3 is 29.0 Å². The van der Waals surface area contributed by atoms with Crippen molar-refractivity contribution in [1.82, 2.24) is 4.90 Å². The molecule has 8 nitrogen and oxygen atoms in total. The van der Waals surface area contributed by atoms with E-state index in [-0.39, 0.29) is 45.2 Å². The van der Waals surface area contributed by atoms with Crippen LogP contribution >= 0.6 is 0 Å². The van der Waals surface area contributed by atoms with Crippen LogP contribution in [0.15, 0.2) is 24.3 Å². The van der Waals surface area contributed by atoms with Crippen molar-refractivity contribution in [3.63, 3.8) is 0 Å². The average Bonchev–Trinajstić information content (AvgIpc) is 2.75. The van der Waals surface area contributed by atoms with Gasteiger partial charge in [0.25, 0.3) is 5.92 Å². The molecule has 1 rings (SSSR count). The Kier molecular flexibility index (Phi) is 12.7. The number of ether oxygens (including phenoxy) is 4. The molecular formula is C23H35F2NO7. The fourth-order valence-corrected chi connectivity index (χ4v) is 2.70. The van der Waals surface area contributed by atoms with Crippen molar-refractivity contribution in [2.45, 2.75) is 58.7 Å². The first kappa shape index (κ1) is 28.6. The molecule has 0 aliphatic carbocycles. The summed E-state index contributed by atoms with van der Waals surface area (Å²) in [7, 11) is 0. The Labute approximate surface area is 193 Å². The SMILES string of the molecule is CCOC(Cc1ccc(OCCN(CCOCC(F)(F)CC)C(=O)OC(C)C)cc1)C(=O)O. The molecule has 1 unspecified atom stereocenters. The Bertz CT molecular complexity index is 713. The van der Waals surface area contributed by atoms with E-state index in [1.165, 1.54) is 11.8 Å².